The molecular weight excluding hydrogens is 282 g/mol. The molecule has 0 amide bonds. The summed E-state index contributed by atoms with van der Waals surface area (Å²) in [5, 5.41) is 11.6. The van der Waals surface area contributed by atoms with Crippen molar-refractivity contribution in [2.75, 3.05) is 0 Å². The Labute approximate surface area is 110 Å². The van der Waals surface area contributed by atoms with Gasteiger partial charge in [-0.3, -0.25) is 10.1 Å². The van der Waals surface area contributed by atoms with E-state index in [1.54, 1.807) is 6.07 Å². The van der Waals surface area contributed by atoms with Crippen LogP contribution in [-0.2, 0) is 17.2 Å². The average Bonchev–Trinajstić information content (AvgIpc) is 2.27. The molecule has 0 aliphatic heterocycles. The maximum Gasteiger partial charge on any atom is 0.273 e. The van der Waals surface area contributed by atoms with Gasteiger partial charge in [0, 0.05) is 17.0 Å². The third-order valence-electron chi connectivity index (χ3n) is 3.62. The van der Waals surface area contributed by atoms with Gasteiger partial charge in [0.1, 0.15) is 0 Å². The van der Waals surface area contributed by atoms with Crippen molar-refractivity contribution >= 4 is 21.6 Å². The molecule has 0 unspecified atom stereocenters. The van der Waals surface area contributed by atoms with Gasteiger partial charge in [-0.25, -0.2) is 0 Å². The normalized spacial score (nSPS) is 17.6. The van der Waals surface area contributed by atoms with Crippen LogP contribution in [0.25, 0.3) is 0 Å². The van der Waals surface area contributed by atoms with Crippen molar-refractivity contribution < 1.29 is 4.92 Å². The summed E-state index contributed by atoms with van der Waals surface area (Å²) in [4.78, 5) is 10.8. The van der Waals surface area contributed by atoms with Gasteiger partial charge in [-0.05, 0) is 41.9 Å². The second kappa shape index (κ2) is 4.41. The fourth-order valence-corrected chi connectivity index (χ4v) is 3.10. The molecule has 0 spiro atoms. The lowest BCUT2D eigenvalue weighted by Gasteiger charge is -2.32. The molecule has 0 fully saturated rings. The Balaban J connectivity index is 2.62. The Morgan fingerprint density at radius 1 is 1.47 bits per heavy atom. The van der Waals surface area contributed by atoms with E-state index in [2.05, 4.69) is 29.8 Å². The van der Waals surface area contributed by atoms with E-state index in [4.69, 9.17) is 0 Å². The van der Waals surface area contributed by atoms with Crippen LogP contribution in [0.5, 0.6) is 0 Å². The smallest absolute Gasteiger partial charge is 0.258 e. The number of alkyl halides is 1. The Kier molecular flexibility index (Phi) is 3.25. The standard InChI is InChI=1S/C13H16BrNO2/c1-13(2)5-3-4-9-6-10(8-14)12(15(16)17)7-11(9)13/h6-7H,3-5,8H2,1-2H3. The van der Waals surface area contributed by atoms with E-state index in [0.717, 1.165) is 24.0 Å². The highest BCUT2D eigenvalue weighted by atomic mass is 79.9. The first-order valence-electron chi connectivity index (χ1n) is 5.82. The van der Waals surface area contributed by atoms with Crippen LogP contribution in [0.1, 0.15) is 43.4 Å². The molecule has 0 N–H and O–H groups in total. The molecule has 0 bridgehead atoms. The van der Waals surface area contributed by atoms with E-state index in [0.29, 0.717) is 5.33 Å². The predicted molar refractivity (Wildman–Crippen MR) is 71.7 cm³/mol. The Morgan fingerprint density at radius 3 is 2.76 bits per heavy atom. The minimum atomic E-state index is -0.276. The zero-order valence-corrected chi connectivity index (χ0v) is 11.7. The van der Waals surface area contributed by atoms with Crippen molar-refractivity contribution in [3.8, 4) is 0 Å². The number of hydrogen-bond acceptors (Lipinski definition) is 2. The van der Waals surface area contributed by atoms with Crippen molar-refractivity contribution in [2.45, 2.75) is 43.9 Å². The first-order valence-corrected chi connectivity index (χ1v) is 6.94. The van der Waals surface area contributed by atoms with Crippen LogP contribution in [0.3, 0.4) is 0 Å². The van der Waals surface area contributed by atoms with E-state index in [1.807, 2.05) is 6.07 Å². The number of hydrogen-bond donors (Lipinski definition) is 0. The fraction of sp³-hybridized carbons (Fsp3) is 0.538. The van der Waals surface area contributed by atoms with Crippen LogP contribution in [-0.4, -0.2) is 4.92 Å². The summed E-state index contributed by atoms with van der Waals surface area (Å²) in [6.45, 7) is 4.34. The van der Waals surface area contributed by atoms with Crippen LogP contribution in [0.2, 0.25) is 0 Å². The monoisotopic (exact) mass is 297 g/mol. The SMILES string of the molecule is CC1(C)CCCc2cc(CBr)c([N+](=O)[O-])cc21. The highest BCUT2D eigenvalue weighted by molar-refractivity contribution is 9.08. The van der Waals surface area contributed by atoms with Crippen molar-refractivity contribution in [3.05, 3.63) is 38.9 Å². The summed E-state index contributed by atoms with van der Waals surface area (Å²) in [5.41, 5.74) is 3.52. The quantitative estimate of drug-likeness (QED) is 0.468. The van der Waals surface area contributed by atoms with E-state index < -0.39 is 0 Å². The lowest BCUT2D eigenvalue weighted by molar-refractivity contribution is -0.385. The van der Waals surface area contributed by atoms with Crippen molar-refractivity contribution in [1.29, 1.82) is 0 Å². The molecule has 0 heterocycles. The van der Waals surface area contributed by atoms with Gasteiger partial charge in [0.25, 0.3) is 5.69 Å². The molecule has 92 valence electrons. The number of nitrogens with zero attached hydrogens (tertiary/aromatic N) is 1. The zero-order chi connectivity index (χ0) is 12.6. The summed E-state index contributed by atoms with van der Waals surface area (Å²) in [5.74, 6) is 0. The maximum absolute atomic E-state index is 11.1. The maximum atomic E-state index is 11.1. The minimum Gasteiger partial charge on any atom is -0.258 e. The van der Waals surface area contributed by atoms with Gasteiger partial charge in [0.2, 0.25) is 0 Å². The van der Waals surface area contributed by atoms with Gasteiger partial charge >= 0.3 is 0 Å². The number of halogens is 1. The van der Waals surface area contributed by atoms with Crippen molar-refractivity contribution in [3.63, 3.8) is 0 Å². The Bertz CT molecular complexity index is 469. The van der Waals surface area contributed by atoms with Crippen LogP contribution in [0, 0.1) is 10.1 Å². The van der Waals surface area contributed by atoms with Gasteiger partial charge in [-0.1, -0.05) is 29.8 Å². The fourth-order valence-electron chi connectivity index (χ4n) is 2.65. The number of rotatable bonds is 2. The first kappa shape index (κ1) is 12.6. The van der Waals surface area contributed by atoms with Gasteiger partial charge in [-0.2, -0.15) is 0 Å². The summed E-state index contributed by atoms with van der Waals surface area (Å²) in [6.07, 6.45) is 3.31. The molecule has 3 nitrogen and oxygen atoms in total. The molecule has 0 aromatic heterocycles. The highest BCUT2D eigenvalue weighted by Gasteiger charge is 2.30. The van der Waals surface area contributed by atoms with Crippen LogP contribution < -0.4 is 0 Å². The minimum absolute atomic E-state index is 0.0587. The lowest BCUT2D eigenvalue weighted by atomic mass is 9.72. The first-order chi connectivity index (χ1) is 7.95. The van der Waals surface area contributed by atoms with Gasteiger partial charge in [-0.15, -0.1) is 0 Å². The molecule has 4 heteroatoms. The second-order valence-corrected chi connectivity index (χ2v) is 5.83. The summed E-state index contributed by atoms with van der Waals surface area (Å²) >= 11 is 3.33. The molecule has 17 heavy (non-hydrogen) atoms. The molecule has 0 radical (unpaired) electrons. The molecule has 1 aromatic carbocycles. The molecule has 0 atom stereocenters. The Morgan fingerprint density at radius 2 is 2.18 bits per heavy atom. The average molecular weight is 298 g/mol. The van der Waals surface area contributed by atoms with E-state index in [1.165, 1.54) is 12.0 Å². The van der Waals surface area contributed by atoms with Gasteiger partial charge in [0.15, 0.2) is 0 Å². The van der Waals surface area contributed by atoms with Crippen molar-refractivity contribution in [1.82, 2.24) is 0 Å². The van der Waals surface area contributed by atoms with Crippen LogP contribution in [0.4, 0.5) is 5.69 Å². The third kappa shape index (κ3) is 2.23. The van der Waals surface area contributed by atoms with Gasteiger partial charge in [0.05, 0.1) is 4.92 Å². The van der Waals surface area contributed by atoms with Crippen molar-refractivity contribution in [2.24, 2.45) is 0 Å². The summed E-state index contributed by atoms with van der Waals surface area (Å²) in [7, 11) is 0. The second-order valence-electron chi connectivity index (χ2n) is 5.27. The molecule has 1 aromatic rings. The molecule has 1 aliphatic rings. The zero-order valence-electron chi connectivity index (χ0n) is 10.1. The molecule has 1 aliphatic carbocycles. The van der Waals surface area contributed by atoms with E-state index in [-0.39, 0.29) is 16.0 Å². The summed E-state index contributed by atoms with van der Waals surface area (Å²) < 4.78 is 0. The van der Waals surface area contributed by atoms with E-state index in [9.17, 15) is 10.1 Å². The molecule has 2 rings (SSSR count). The Hall–Kier alpha value is -0.900. The van der Waals surface area contributed by atoms with E-state index >= 15 is 0 Å². The largest absolute Gasteiger partial charge is 0.273 e. The lowest BCUT2D eigenvalue weighted by Crippen LogP contribution is -2.24. The number of benzene rings is 1. The number of nitro groups is 1. The number of fused-ring (bicyclic) bond motifs is 1. The third-order valence-corrected chi connectivity index (χ3v) is 4.23. The highest BCUT2D eigenvalue weighted by Crippen LogP contribution is 2.40. The predicted octanol–water partition coefficient (Wildman–Crippen LogP) is 4.10. The van der Waals surface area contributed by atoms with Gasteiger partial charge < -0.3 is 0 Å². The molecule has 0 saturated heterocycles. The topological polar surface area (TPSA) is 43.1 Å². The molecule has 0 saturated carbocycles. The summed E-state index contributed by atoms with van der Waals surface area (Å²) in [6, 6.07) is 3.79. The molecular formula is C13H16BrNO2. The number of nitro benzene ring substituents is 1. The van der Waals surface area contributed by atoms with Crippen LogP contribution >= 0.6 is 15.9 Å². The van der Waals surface area contributed by atoms with Crippen LogP contribution in [0.15, 0.2) is 12.1 Å². The number of aryl methyl sites for hydroxylation is 1.